The van der Waals surface area contributed by atoms with Gasteiger partial charge in [0.25, 0.3) is 0 Å². The van der Waals surface area contributed by atoms with Crippen molar-refractivity contribution in [3.63, 3.8) is 0 Å². The molecule has 0 saturated heterocycles. The molecule has 0 fully saturated rings. The molecular weight excluding hydrogens is 263 g/mol. The first-order valence-electron chi connectivity index (χ1n) is 3.98. The van der Waals surface area contributed by atoms with Crippen LogP contribution in [0.1, 0.15) is 11.6 Å². The molecule has 0 bridgehead atoms. The van der Waals surface area contributed by atoms with Gasteiger partial charge < -0.3 is 10.8 Å². The molecule has 0 aliphatic rings. The summed E-state index contributed by atoms with van der Waals surface area (Å²) in [5, 5.41) is 8.31. The van der Waals surface area contributed by atoms with Crippen LogP contribution in [0, 0.1) is 0 Å². The highest BCUT2D eigenvalue weighted by Crippen LogP contribution is 2.33. The predicted molar refractivity (Wildman–Crippen MR) is 58.2 cm³/mol. The quantitative estimate of drug-likeness (QED) is 0.888. The minimum atomic E-state index is -4.04. The van der Waals surface area contributed by atoms with Gasteiger partial charge in [0.2, 0.25) is 0 Å². The van der Waals surface area contributed by atoms with Gasteiger partial charge in [-0.3, -0.25) is 0 Å². The van der Waals surface area contributed by atoms with Crippen LogP contribution in [0.3, 0.4) is 0 Å². The average Bonchev–Trinajstić information content (AvgIpc) is 2.17. The molecule has 0 aliphatic carbocycles. The van der Waals surface area contributed by atoms with Gasteiger partial charge in [-0.25, -0.2) is 4.79 Å². The van der Waals surface area contributed by atoms with E-state index in [4.69, 9.17) is 22.4 Å². The lowest BCUT2D eigenvalue weighted by Crippen LogP contribution is -2.40. The number of carboxylic acids is 1. The molecule has 1 aromatic carbocycles. The minimum absolute atomic E-state index is 0. The molecule has 3 nitrogen and oxygen atoms in total. The first kappa shape index (κ1) is 15.1. The summed E-state index contributed by atoms with van der Waals surface area (Å²) in [4.78, 5) is 10.3. The summed E-state index contributed by atoms with van der Waals surface area (Å²) in [6.07, 6.45) is 0. The Morgan fingerprint density at radius 1 is 1.44 bits per heavy atom. The number of halogens is 4. The molecule has 0 heterocycles. The minimum Gasteiger partial charge on any atom is -0.477 e. The van der Waals surface area contributed by atoms with Gasteiger partial charge in [0.1, 0.15) is 6.04 Å². The van der Waals surface area contributed by atoms with E-state index in [1.165, 1.54) is 24.3 Å². The van der Waals surface area contributed by atoms with Crippen molar-refractivity contribution in [1.29, 1.82) is 0 Å². The fraction of sp³-hybridized carbons (Fsp3) is 0.222. The summed E-state index contributed by atoms with van der Waals surface area (Å²) in [5.74, 6) is -6.31. The van der Waals surface area contributed by atoms with Crippen LogP contribution in [0.2, 0.25) is 5.02 Å². The van der Waals surface area contributed by atoms with Crippen molar-refractivity contribution in [2.75, 3.05) is 0 Å². The monoisotopic (exact) mass is 271 g/mol. The Labute approximate surface area is 102 Å². The number of benzene rings is 1. The number of rotatable bonds is 3. The number of carboxylic acid groups (broad SMARTS) is 1. The summed E-state index contributed by atoms with van der Waals surface area (Å²) in [5.41, 5.74) is 5.07. The molecule has 0 aromatic heterocycles. The molecule has 0 saturated carbocycles. The number of nitrogens with two attached hydrogens (primary N) is 1. The lowest BCUT2D eigenvalue weighted by atomic mass is 10.0. The van der Waals surface area contributed by atoms with Crippen LogP contribution in [0.5, 0.6) is 0 Å². The Hall–Kier alpha value is -0.910. The normalized spacial score (nSPS) is 12.8. The van der Waals surface area contributed by atoms with Crippen LogP contribution in [-0.4, -0.2) is 17.0 Å². The second kappa shape index (κ2) is 5.43. The molecule has 3 N–H and O–H groups in total. The summed E-state index contributed by atoms with van der Waals surface area (Å²) in [6.45, 7) is 0. The highest BCUT2D eigenvalue weighted by molar-refractivity contribution is 6.31. The standard InChI is InChI=1S/C9H8ClF2NO2.ClH/c10-6-4-2-1-3-5(6)7(13)9(11,12)8(14)15;/h1-4,7H,13H2,(H,14,15);1H/t7-;/m1./s1. The molecular formula is C9H9Cl2F2NO2. The number of alkyl halides is 2. The number of hydrogen-bond donors (Lipinski definition) is 2. The number of hydrogen-bond acceptors (Lipinski definition) is 2. The highest BCUT2D eigenvalue weighted by Gasteiger charge is 2.46. The third-order valence-electron chi connectivity index (χ3n) is 1.92. The third kappa shape index (κ3) is 2.81. The Morgan fingerprint density at radius 3 is 2.38 bits per heavy atom. The third-order valence-corrected chi connectivity index (χ3v) is 2.26. The van der Waals surface area contributed by atoms with Crippen molar-refractivity contribution >= 4 is 30.0 Å². The van der Waals surface area contributed by atoms with Crippen molar-refractivity contribution in [2.45, 2.75) is 12.0 Å². The molecule has 90 valence electrons. The molecule has 0 amide bonds. The van der Waals surface area contributed by atoms with E-state index in [0.29, 0.717) is 0 Å². The van der Waals surface area contributed by atoms with Gasteiger partial charge in [-0.15, -0.1) is 12.4 Å². The van der Waals surface area contributed by atoms with Gasteiger partial charge in [0.05, 0.1) is 0 Å². The van der Waals surface area contributed by atoms with Crippen molar-refractivity contribution in [3.8, 4) is 0 Å². The molecule has 0 spiro atoms. The Kier molecular flexibility index (Phi) is 5.12. The second-order valence-electron chi connectivity index (χ2n) is 2.93. The lowest BCUT2D eigenvalue weighted by Gasteiger charge is -2.20. The Balaban J connectivity index is 0.00000225. The zero-order chi connectivity index (χ0) is 11.6. The summed E-state index contributed by atoms with van der Waals surface area (Å²) >= 11 is 5.62. The van der Waals surface area contributed by atoms with Crippen LogP contribution in [0.25, 0.3) is 0 Å². The fourth-order valence-electron chi connectivity index (χ4n) is 1.06. The zero-order valence-corrected chi connectivity index (χ0v) is 9.43. The molecule has 1 aromatic rings. The molecule has 1 atom stereocenters. The number of aliphatic carboxylic acids is 1. The smallest absolute Gasteiger partial charge is 0.376 e. The molecule has 0 aliphatic heterocycles. The number of carbonyl (C=O) groups is 1. The van der Waals surface area contributed by atoms with Crippen molar-refractivity contribution < 1.29 is 18.7 Å². The summed E-state index contributed by atoms with van der Waals surface area (Å²) < 4.78 is 26.0. The van der Waals surface area contributed by atoms with Crippen molar-refractivity contribution in [1.82, 2.24) is 0 Å². The van der Waals surface area contributed by atoms with E-state index in [1.807, 2.05) is 0 Å². The first-order chi connectivity index (χ1) is 6.87. The molecule has 7 heteroatoms. The van der Waals surface area contributed by atoms with Gasteiger partial charge in [-0.05, 0) is 11.6 Å². The molecule has 16 heavy (non-hydrogen) atoms. The van der Waals surface area contributed by atoms with Crippen molar-refractivity contribution in [3.05, 3.63) is 34.9 Å². The van der Waals surface area contributed by atoms with E-state index >= 15 is 0 Å². The van der Waals surface area contributed by atoms with E-state index in [-0.39, 0.29) is 23.0 Å². The Morgan fingerprint density at radius 2 is 1.94 bits per heavy atom. The van der Waals surface area contributed by atoms with Crippen LogP contribution in [-0.2, 0) is 4.79 Å². The summed E-state index contributed by atoms with van der Waals surface area (Å²) in [6, 6.07) is 3.68. The Bertz CT molecular complexity index is 388. The van der Waals surface area contributed by atoms with E-state index in [9.17, 15) is 13.6 Å². The van der Waals surface area contributed by atoms with Crippen LogP contribution in [0.15, 0.2) is 24.3 Å². The second-order valence-corrected chi connectivity index (χ2v) is 3.33. The van der Waals surface area contributed by atoms with Gasteiger partial charge in [0, 0.05) is 5.02 Å². The molecule has 0 unspecified atom stereocenters. The predicted octanol–water partition coefficient (Wildman–Crippen LogP) is 2.48. The van der Waals surface area contributed by atoms with Crippen LogP contribution >= 0.6 is 24.0 Å². The lowest BCUT2D eigenvalue weighted by molar-refractivity contribution is -0.168. The van der Waals surface area contributed by atoms with Gasteiger partial charge in [-0.1, -0.05) is 29.8 Å². The maximum Gasteiger partial charge on any atom is 0.376 e. The van der Waals surface area contributed by atoms with E-state index < -0.39 is 17.9 Å². The topological polar surface area (TPSA) is 63.3 Å². The maximum atomic E-state index is 13.0. The molecule has 0 radical (unpaired) electrons. The van der Waals surface area contributed by atoms with E-state index in [1.54, 1.807) is 0 Å². The van der Waals surface area contributed by atoms with E-state index in [2.05, 4.69) is 0 Å². The van der Waals surface area contributed by atoms with E-state index in [0.717, 1.165) is 0 Å². The fourth-order valence-corrected chi connectivity index (χ4v) is 1.31. The van der Waals surface area contributed by atoms with Gasteiger partial charge in [0.15, 0.2) is 0 Å². The van der Waals surface area contributed by atoms with Crippen molar-refractivity contribution in [2.24, 2.45) is 5.73 Å². The molecule has 1 rings (SSSR count). The van der Waals surface area contributed by atoms with Gasteiger partial charge in [-0.2, -0.15) is 8.78 Å². The van der Waals surface area contributed by atoms with Gasteiger partial charge >= 0.3 is 11.9 Å². The highest BCUT2D eigenvalue weighted by atomic mass is 35.5. The summed E-state index contributed by atoms with van der Waals surface area (Å²) in [7, 11) is 0. The van der Waals surface area contributed by atoms with Crippen LogP contribution < -0.4 is 5.73 Å². The van der Waals surface area contributed by atoms with Crippen LogP contribution in [0.4, 0.5) is 8.78 Å². The SMILES string of the molecule is Cl.N[C@H](c1ccccc1Cl)C(F)(F)C(=O)O. The zero-order valence-electron chi connectivity index (χ0n) is 7.86. The maximum absolute atomic E-state index is 13.0. The average molecular weight is 272 g/mol. The largest absolute Gasteiger partial charge is 0.477 e. The first-order valence-corrected chi connectivity index (χ1v) is 4.36.